The van der Waals surface area contributed by atoms with Gasteiger partial charge in [0.25, 0.3) is 0 Å². The molecule has 0 bridgehead atoms. The van der Waals surface area contributed by atoms with Crippen molar-refractivity contribution in [2.24, 2.45) is 0 Å². The van der Waals surface area contributed by atoms with Crippen molar-refractivity contribution in [2.75, 3.05) is 17.7 Å². The average molecular weight is 305 g/mol. The maximum atomic E-state index is 11.7. The highest BCUT2D eigenvalue weighted by molar-refractivity contribution is 7.18. The lowest BCUT2D eigenvalue weighted by Gasteiger charge is -2.00. The largest absolute Gasteiger partial charge is 0.465 e. The molecule has 0 aromatic carbocycles. The lowest BCUT2D eigenvalue weighted by molar-refractivity contribution is -0.111. The van der Waals surface area contributed by atoms with Crippen LogP contribution >= 0.6 is 11.3 Å². The molecule has 108 valence electrons. The van der Waals surface area contributed by atoms with Crippen LogP contribution in [0.3, 0.4) is 0 Å². The first-order chi connectivity index (χ1) is 10.1. The number of ether oxygens (including phenoxy) is 1. The van der Waals surface area contributed by atoms with Gasteiger partial charge in [-0.15, -0.1) is 0 Å². The molecule has 0 atom stereocenters. The van der Waals surface area contributed by atoms with Gasteiger partial charge in [-0.2, -0.15) is 10.2 Å². The molecule has 21 heavy (non-hydrogen) atoms. The van der Waals surface area contributed by atoms with Crippen LogP contribution in [-0.4, -0.2) is 34.2 Å². The van der Waals surface area contributed by atoms with Crippen LogP contribution in [-0.2, 0) is 9.53 Å². The first-order valence-electron chi connectivity index (χ1n) is 5.70. The lowest BCUT2D eigenvalue weighted by Crippen LogP contribution is -2.11. The van der Waals surface area contributed by atoms with Crippen molar-refractivity contribution in [1.82, 2.24) is 15.2 Å². The van der Waals surface area contributed by atoms with Crippen molar-refractivity contribution in [3.8, 4) is 0 Å². The summed E-state index contributed by atoms with van der Waals surface area (Å²) in [5.41, 5.74) is 0.650. The molecule has 9 heteroatoms. The van der Waals surface area contributed by atoms with Crippen LogP contribution in [0.5, 0.6) is 0 Å². The summed E-state index contributed by atoms with van der Waals surface area (Å²) in [6.45, 7) is 3.34. The number of aromatic nitrogens is 3. The van der Waals surface area contributed by atoms with Crippen LogP contribution in [0.4, 0.5) is 16.6 Å². The second-order valence-corrected chi connectivity index (χ2v) is 4.64. The van der Waals surface area contributed by atoms with E-state index in [2.05, 4.69) is 37.1 Å². The highest BCUT2D eigenvalue weighted by Gasteiger charge is 2.20. The van der Waals surface area contributed by atoms with E-state index in [1.807, 2.05) is 0 Å². The summed E-state index contributed by atoms with van der Waals surface area (Å²) in [5.74, 6) is -0.948. The van der Waals surface area contributed by atoms with Gasteiger partial charge in [0.05, 0.1) is 25.2 Å². The van der Waals surface area contributed by atoms with Crippen LogP contribution < -0.4 is 10.6 Å². The zero-order valence-corrected chi connectivity index (χ0v) is 11.8. The molecule has 0 spiro atoms. The lowest BCUT2D eigenvalue weighted by atomic mass is 10.4. The highest BCUT2D eigenvalue weighted by Crippen LogP contribution is 2.29. The Morgan fingerprint density at radius 3 is 2.86 bits per heavy atom. The fourth-order valence-corrected chi connectivity index (χ4v) is 2.20. The fraction of sp³-hybridized carbons (Fsp3) is 0.0833. The van der Waals surface area contributed by atoms with Crippen LogP contribution in [0, 0.1) is 0 Å². The maximum Gasteiger partial charge on any atom is 0.352 e. The molecule has 2 aromatic rings. The number of methoxy groups -OCH3 is 1. The third-order valence-corrected chi connectivity index (χ3v) is 3.21. The van der Waals surface area contributed by atoms with E-state index in [1.165, 1.54) is 19.5 Å². The molecule has 8 nitrogen and oxygen atoms in total. The predicted molar refractivity (Wildman–Crippen MR) is 77.6 cm³/mol. The van der Waals surface area contributed by atoms with E-state index in [-0.39, 0.29) is 10.7 Å². The molecule has 0 saturated heterocycles. The third kappa shape index (κ3) is 3.60. The Bertz CT molecular complexity index is 671. The highest BCUT2D eigenvalue weighted by atomic mass is 32.1. The third-order valence-electron chi connectivity index (χ3n) is 2.26. The summed E-state index contributed by atoms with van der Waals surface area (Å²) in [6.07, 6.45) is 4.10. The summed E-state index contributed by atoms with van der Waals surface area (Å²) in [6, 6.07) is 1.69. The van der Waals surface area contributed by atoms with E-state index in [4.69, 9.17) is 0 Å². The smallest absolute Gasteiger partial charge is 0.352 e. The molecule has 0 radical (unpaired) electrons. The molecule has 2 N–H and O–H groups in total. The summed E-state index contributed by atoms with van der Waals surface area (Å²) in [4.78, 5) is 27.4. The second-order valence-electron chi connectivity index (χ2n) is 3.64. The van der Waals surface area contributed by atoms with Crippen molar-refractivity contribution >= 4 is 39.9 Å². The normalized spacial score (nSPS) is 9.76. The van der Waals surface area contributed by atoms with Gasteiger partial charge in [-0.05, 0) is 12.1 Å². The van der Waals surface area contributed by atoms with E-state index < -0.39 is 11.9 Å². The van der Waals surface area contributed by atoms with Crippen LogP contribution in [0.2, 0.25) is 0 Å². The average Bonchev–Trinajstić information content (AvgIpc) is 2.89. The van der Waals surface area contributed by atoms with Gasteiger partial charge in [0.2, 0.25) is 5.91 Å². The molecular weight excluding hydrogens is 294 g/mol. The van der Waals surface area contributed by atoms with Crippen molar-refractivity contribution < 1.29 is 14.3 Å². The zero-order valence-electron chi connectivity index (χ0n) is 11.0. The standard InChI is InChI=1S/C12H11N5O3S/c1-3-8(18)16-10-9(11(19)20-2)21-12(17-10)15-7-4-5-13-14-6-7/h3-6H,1H2,2H3,(H,16,18)(H,13,15,17). The van der Waals surface area contributed by atoms with Gasteiger partial charge in [0.15, 0.2) is 15.8 Å². The minimum Gasteiger partial charge on any atom is -0.465 e. The fourth-order valence-electron chi connectivity index (χ4n) is 1.35. The predicted octanol–water partition coefficient (Wildman–Crippen LogP) is 1.59. The summed E-state index contributed by atoms with van der Waals surface area (Å²) in [7, 11) is 1.25. The quantitative estimate of drug-likeness (QED) is 0.638. The Balaban J connectivity index is 2.29. The molecule has 2 aromatic heterocycles. The van der Waals surface area contributed by atoms with E-state index in [0.29, 0.717) is 10.8 Å². The Hall–Kier alpha value is -2.81. The number of hydrogen-bond donors (Lipinski definition) is 2. The number of anilines is 3. The molecule has 0 saturated carbocycles. The Morgan fingerprint density at radius 2 is 2.24 bits per heavy atom. The molecule has 0 aliphatic carbocycles. The minimum absolute atomic E-state index is 0.112. The monoisotopic (exact) mass is 305 g/mol. The Morgan fingerprint density at radius 1 is 1.43 bits per heavy atom. The number of hydrogen-bond acceptors (Lipinski definition) is 8. The second kappa shape index (κ2) is 6.57. The first kappa shape index (κ1) is 14.6. The van der Waals surface area contributed by atoms with E-state index >= 15 is 0 Å². The molecule has 0 aliphatic heterocycles. The van der Waals surface area contributed by atoms with Gasteiger partial charge in [-0.3, -0.25) is 4.79 Å². The molecule has 0 fully saturated rings. The van der Waals surface area contributed by atoms with Crippen molar-refractivity contribution in [2.45, 2.75) is 0 Å². The number of esters is 1. The van der Waals surface area contributed by atoms with Crippen molar-refractivity contribution in [3.63, 3.8) is 0 Å². The van der Waals surface area contributed by atoms with Crippen LogP contribution in [0.15, 0.2) is 31.1 Å². The first-order valence-corrected chi connectivity index (χ1v) is 6.52. The van der Waals surface area contributed by atoms with Gasteiger partial charge in [0.1, 0.15) is 0 Å². The number of carbonyl (C=O) groups excluding carboxylic acids is 2. The van der Waals surface area contributed by atoms with Gasteiger partial charge in [-0.25, -0.2) is 9.78 Å². The Labute approximate surface area is 123 Å². The number of nitrogens with one attached hydrogen (secondary N) is 2. The van der Waals surface area contributed by atoms with Crippen molar-refractivity contribution in [3.05, 3.63) is 36.0 Å². The molecule has 2 heterocycles. The van der Waals surface area contributed by atoms with Crippen molar-refractivity contribution in [1.29, 1.82) is 0 Å². The van der Waals surface area contributed by atoms with Gasteiger partial charge in [-0.1, -0.05) is 17.9 Å². The van der Waals surface area contributed by atoms with E-state index in [9.17, 15) is 9.59 Å². The zero-order chi connectivity index (χ0) is 15.2. The number of amides is 1. The molecule has 0 unspecified atom stereocenters. The van der Waals surface area contributed by atoms with Gasteiger partial charge < -0.3 is 15.4 Å². The molecule has 0 aliphatic rings. The molecule has 2 rings (SSSR count). The SMILES string of the molecule is C=CC(=O)Nc1nc(Nc2ccnnc2)sc1C(=O)OC. The number of nitrogens with zero attached hydrogens (tertiary/aromatic N) is 3. The minimum atomic E-state index is -0.590. The Kier molecular flexibility index (Phi) is 4.57. The van der Waals surface area contributed by atoms with Crippen LogP contribution in [0.25, 0.3) is 0 Å². The number of rotatable bonds is 5. The van der Waals surface area contributed by atoms with Gasteiger partial charge >= 0.3 is 5.97 Å². The van der Waals surface area contributed by atoms with Crippen LogP contribution in [0.1, 0.15) is 9.67 Å². The summed E-state index contributed by atoms with van der Waals surface area (Å²) < 4.78 is 4.66. The molecular formula is C12H11N5O3S. The maximum absolute atomic E-state index is 11.7. The van der Waals surface area contributed by atoms with E-state index in [1.54, 1.807) is 6.07 Å². The topological polar surface area (TPSA) is 106 Å². The summed E-state index contributed by atoms with van der Waals surface area (Å²) >= 11 is 1.05. The van der Waals surface area contributed by atoms with Gasteiger partial charge in [0, 0.05) is 0 Å². The summed E-state index contributed by atoms with van der Waals surface area (Å²) in [5, 5.41) is 13.2. The number of carbonyl (C=O) groups is 2. The molecule has 1 amide bonds. The van der Waals surface area contributed by atoms with E-state index in [0.717, 1.165) is 17.4 Å². The number of thiazole rings is 1.